The molecule has 1 rings (SSSR count). The number of hydrogen-bond acceptors (Lipinski definition) is 3. The van der Waals surface area contributed by atoms with Gasteiger partial charge in [-0.3, -0.25) is 4.79 Å². The number of amides is 1. The fourth-order valence-electron chi connectivity index (χ4n) is 1.26. The molecule has 0 radical (unpaired) electrons. The minimum atomic E-state index is -0.391. The molecule has 1 amide bonds. The molecular formula is C12H17NO3. The second-order valence-corrected chi connectivity index (χ2v) is 3.20. The third-order valence-corrected chi connectivity index (χ3v) is 2.08. The van der Waals surface area contributed by atoms with Crippen LogP contribution >= 0.6 is 0 Å². The Hall–Kier alpha value is -1.39. The van der Waals surface area contributed by atoms with E-state index in [2.05, 4.69) is 5.32 Å². The highest BCUT2D eigenvalue weighted by atomic mass is 16.7. The first-order valence-electron chi connectivity index (χ1n) is 5.25. The monoisotopic (exact) mass is 223 g/mol. The molecule has 0 aliphatic carbocycles. The van der Waals surface area contributed by atoms with Crippen LogP contribution in [-0.4, -0.2) is 32.5 Å². The molecule has 0 saturated carbocycles. The van der Waals surface area contributed by atoms with Gasteiger partial charge >= 0.3 is 0 Å². The third-order valence-electron chi connectivity index (χ3n) is 2.08. The van der Waals surface area contributed by atoms with Crippen LogP contribution in [0.2, 0.25) is 0 Å². The van der Waals surface area contributed by atoms with Crippen LogP contribution in [0.25, 0.3) is 0 Å². The summed E-state index contributed by atoms with van der Waals surface area (Å²) >= 11 is 0. The molecule has 0 aromatic heterocycles. The molecule has 88 valence electrons. The summed E-state index contributed by atoms with van der Waals surface area (Å²) < 4.78 is 10.3. The Morgan fingerprint density at radius 2 is 2.06 bits per heavy atom. The molecular weight excluding hydrogens is 206 g/mol. The van der Waals surface area contributed by atoms with Gasteiger partial charge in [-0.05, 0) is 19.1 Å². The Morgan fingerprint density at radius 1 is 1.38 bits per heavy atom. The lowest BCUT2D eigenvalue weighted by Gasteiger charge is -2.15. The zero-order valence-electron chi connectivity index (χ0n) is 9.60. The SMILES string of the molecule is CCOC(CNC(=O)c1ccccc1)OC. The maximum absolute atomic E-state index is 11.6. The summed E-state index contributed by atoms with van der Waals surface area (Å²) in [6.45, 7) is 2.78. The van der Waals surface area contributed by atoms with Gasteiger partial charge in [-0.15, -0.1) is 0 Å². The molecule has 0 heterocycles. The van der Waals surface area contributed by atoms with E-state index in [9.17, 15) is 4.79 Å². The van der Waals surface area contributed by atoms with E-state index in [1.807, 2.05) is 25.1 Å². The molecule has 1 atom stereocenters. The van der Waals surface area contributed by atoms with Crippen LogP contribution in [0.5, 0.6) is 0 Å². The summed E-state index contributed by atoms with van der Waals surface area (Å²) in [5, 5.41) is 2.75. The third kappa shape index (κ3) is 4.00. The molecule has 1 N–H and O–H groups in total. The first-order chi connectivity index (χ1) is 7.77. The summed E-state index contributed by atoms with van der Waals surface area (Å²) in [7, 11) is 1.55. The van der Waals surface area contributed by atoms with Gasteiger partial charge < -0.3 is 14.8 Å². The van der Waals surface area contributed by atoms with Gasteiger partial charge in [-0.25, -0.2) is 0 Å². The van der Waals surface area contributed by atoms with E-state index in [0.717, 1.165) is 0 Å². The lowest BCUT2D eigenvalue weighted by atomic mass is 10.2. The molecule has 16 heavy (non-hydrogen) atoms. The predicted octanol–water partition coefficient (Wildman–Crippen LogP) is 1.43. The van der Waals surface area contributed by atoms with E-state index < -0.39 is 6.29 Å². The lowest BCUT2D eigenvalue weighted by molar-refractivity contribution is -0.115. The molecule has 0 aliphatic rings. The van der Waals surface area contributed by atoms with Crippen LogP contribution in [0, 0.1) is 0 Å². The molecule has 0 fully saturated rings. The minimum absolute atomic E-state index is 0.123. The van der Waals surface area contributed by atoms with Gasteiger partial charge in [0.2, 0.25) is 0 Å². The van der Waals surface area contributed by atoms with E-state index in [1.165, 1.54) is 0 Å². The van der Waals surface area contributed by atoms with Crippen LogP contribution < -0.4 is 5.32 Å². The molecule has 4 heteroatoms. The normalized spacial score (nSPS) is 12.1. The highest BCUT2D eigenvalue weighted by Gasteiger charge is 2.09. The maximum atomic E-state index is 11.6. The molecule has 0 saturated heterocycles. The molecule has 1 aromatic carbocycles. The summed E-state index contributed by atoms with van der Waals surface area (Å²) in [4.78, 5) is 11.6. The highest BCUT2D eigenvalue weighted by molar-refractivity contribution is 5.94. The van der Waals surface area contributed by atoms with Crippen molar-refractivity contribution < 1.29 is 14.3 Å². The van der Waals surface area contributed by atoms with Crippen molar-refractivity contribution in [1.82, 2.24) is 5.32 Å². The number of methoxy groups -OCH3 is 1. The molecule has 1 unspecified atom stereocenters. The van der Waals surface area contributed by atoms with Crippen molar-refractivity contribution in [3.8, 4) is 0 Å². The minimum Gasteiger partial charge on any atom is -0.354 e. The van der Waals surface area contributed by atoms with Gasteiger partial charge in [-0.1, -0.05) is 18.2 Å². The van der Waals surface area contributed by atoms with Crippen LogP contribution in [0.15, 0.2) is 30.3 Å². The van der Waals surface area contributed by atoms with Crippen molar-refractivity contribution in [2.75, 3.05) is 20.3 Å². The quantitative estimate of drug-likeness (QED) is 0.742. The predicted molar refractivity (Wildman–Crippen MR) is 61.2 cm³/mol. The number of benzene rings is 1. The fourth-order valence-corrected chi connectivity index (χ4v) is 1.26. The van der Waals surface area contributed by atoms with Gasteiger partial charge in [0.15, 0.2) is 6.29 Å². The number of carbonyl (C=O) groups is 1. The van der Waals surface area contributed by atoms with Gasteiger partial charge in [0, 0.05) is 19.3 Å². The van der Waals surface area contributed by atoms with E-state index in [4.69, 9.17) is 9.47 Å². The van der Waals surface area contributed by atoms with Crippen molar-refractivity contribution >= 4 is 5.91 Å². The van der Waals surface area contributed by atoms with Gasteiger partial charge in [-0.2, -0.15) is 0 Å². The second kappa shape index (κ2) is 6.98. The van der Waals surface area contributed by atoms with Crippen LogP contribution in [0.1, 0.15) is 17.3 Å². The topological polar surface area (TPSA) is 47.6 Å². The smallest absolute Gasteiger partial charge is 0.251 e. The molecule has 1 aromatic rings. The van der Waals surface area contributed by atoms with Gasteiger partial charge in [0.1, 0.15) is 0 Å². The van der Waals surface area contributed by atoms with Crippen LogP contribution in [-0.2, 0) is 9.47 Å². The van der Waals surface area contributed by atoms with E-state index >= 15 is 0 Å². The van der Waals surface area contributed by atoms with Crippen molar-refractivity contribution in [2.24, 2.45) is 0 Å². The van der Waals surface area contributed by atoms with E-state index in [1.54, 1.807) is 19.2 Å². The molecule has 0 spiro atoms. The number of nitrogens with one attached hydrogen (secondary N) is 1. The van der Waals surface area contributed by atoms with Crippen molar-refractivity contribution in [1.29, 1.82) is 0 Å². The van der Waals surface area contributed by atoms with Gasteiger partial charge in [0.05, 0.1) is 6.54 Å². The Kier molecular flexibility index (Phi) is 5.53. The highest BCUT2D eigenvalue weighted by Crippen LogP contribution is 1.98. The number of ether oxygens (including phenoxy) is 2. The van der Waals surface area contributed by atoms with Crippen molar-refractivity contribution in [3.05, 3.63) is 35.9 Å². The Morgan fingerprint density at radius 3 is 2.62 bits per heavy atom. The van der Waals surface area contributed by atoms with Crippen molar-refractivity contribution in [3.63, 3.8) is 0 Å². The maximum Gasteiger partial charge on any atom is 0.251 e. The van der Waals surface area contributed by atoms with Crippen LogP contribution in [0.4, 0.5) is 0 Å². The van der Waals surface area contributed by atoms with Gasteiger partial charge in [0.25, 0.3) is 5.91 Å². The molecule has 0 aliphatic heterocycles. The Balaban J connectivity index is 2.40. The second-order valence-electron chi connectivity index (χ2n) is 3.20. The zero-order valence-corrected chi connectivity index (χ0v) is 9.60. The summed E-state index contributed by atoms with van der Waals surface area (Å²) in [5.74, 6) is -0.123. The number of hydrogen-bond donors (Lipinski definition) is 1. The zero-order chi connectivity index (χ0) is 11.8. The largest absolute Gasteiger partial charge is 0.354 e. The molecule has 4 nitrogen and oxygen atoms in total. The fraction of sp³-hybridized carbons (Fsp3) is 0.417. The van der Waals surface area contributed by atoms with Crippen molar-refractivity contribution in [2.45, 2.75) is 13.2 Å². The number of rotatable bonds is 6. The van der Waals surface area contributed by atoms with E-state index in [-0.39, 0.29) is 5.91 Å². The van der Waals surface area contributed by atoms with E-state index in [0.29, 0.717) is 18.7 Å². The summed E-state index contributed by atoms with van der Waals surface area (Å²) in [5.41, 5.74) is 0.633. The Labute approximate surface area is 95.6 Å². The average Bonchev–Trinajstić information content (AvgIpc) is 2.35. The first-order valence-corrected chi connectivity index (χ1v) is 5.25. The summed E-state index contributed by atoms with van der Waals surface area (Å²) in [6, 6.07) is 9.04. The first kappa shape index (κ1) is 12.7. The lowest BCUT2D eigenvalue weighted by Crippen LogP contribution is -2.34. The molecule has 0 bridgehead atoms. The van der Waals surface area contributed by atoms with Crippen LogP contribution in [0.3, 0.4) is 0 Å². The standard InChI is InChI=1S/C12H17NO3/c1-3-16-11(15-2)9-13-12(14)10-7-5-4-6-8-10/h4-8,11H,3,9H2,1-2H3,(H,13,14). The summed E-state index contributed by atoms with van der Waals surface area (Å²) in [6.07, 6.45) is -0.391. The Bertz CT molecular complexity index is 313. The number of carbonyl (C=O) groups excluding carboxylic acids is 1. The average molecular weight is 223 g/mol.